The van der Waals surface area contributed by atoms with Gasteiger partial charge < -0.3 is 9.73 Å². The summed E-state index contributed by atoms with van der Waals surface area (Å²) in [5, 5.41) is 3.00. The Balaban J connectivity index is 2.23. The van der Waals surface area contributed by atoms with E-state index in [1.54, 1.807) is 0 Å². The predicted molar refractivity (Wildman–Crippen MR) is 62.8 cm³/mol. The molecule has 0 aromatic carbocycles. The second-order valence-corrected chi connectivity index (χ2v) is 6.34. The highest BCUT2D eigenvalue weighted by Crippen LogP contribution is 2.09. The minimum atomic E-state index is -2.87. The quantitative estimate of drug-likeness (QED) is 0.647. The van der Waals surface area contributed by atoms with Gasteiger partial charge in [0.15, 0.2) is 3.77 Å². The Morgan fingerprint density at radius 3 is 2.71 bits per heavy atom. The fourth-order valence-corrected chi connectivity index (χ4v) is 1.89. The normalized spacial score (nSPS) is 11.9. The van der Waals surface area contributed by atoms with Gasteiger partial charge >= 0.3 is 0 Å². The molecule has 0 fully saturated rings. The summed E-state index contributed by atoms with van der Waals surface area (Å²) >= 11 is 2.08. The largest absolute Gasteiger partial charge is 0.454 e. The van der Waals surface area contributed by atoms with Crippen LogP contribution in [0.3, 0.4) is 0 Å². The van der Waals surface area contributed by atoms with Gasteiger partial charge in [-0.25, -0.2) is 8.42 Å². The average molecular weight is 329 g/mol. The SMILES string of the molecule is CS(=O)(=O)CCNCc1ccc(I)o1. The number of hydrogen-bond donors (Lipinski definition) is 1. The van der Waals surface area contributed by atoms with Gasteiger partial charge in [0.2, 0.25) is 0 Å². The van der Waals surface area contributed by atoms with E-state index in [0.29, 0.717) is 13.1 Å². The standard InChI is InChI=1S/C8H12INO3S/c1-14(11,12)5-4-10-6-7-2-3-8(9)13-7/h2-3,10H,4-6H2,1H3. The Labute approximate surface area is 97.1 Å². The molecule has 0 bridgehead atoms. The van der Waals surface area contributed by atoms with Gasteiger partial charge in [-0.15, -0.1) is 0 Å². The van der Waals surface area contributed by atoms with Crippen LogP contribution in [-0.4, -0.2) is 27.0 Å². The van der Waals surface area contributed by atoms with Gasteiger partial charge in [-0.2, -0.15) is 0 Å². The molecule has 0 unspecified atom stereocenters. The average Bonchev–Trinajstić information content (AvgIpc) is 2.44. The monoisotopic (exact) mass is 329 g/mol. The zero-order valence-electron chi connectivity index (χ0n) is 7.79. The van der Waals surface area contributed by atoms with Crippen molar-refractivity contribution in [1.82, 2.24) is 5.32 Å². The summed E-state index contributed by atoms with van der Waals surface area (Å²) in [4.78, 5) is 0. The van der Waals surface area contributed by atoms with E-state index in [-0.39, 0.29) is 5.75 Å². The topological polar surface area (TPSA) is 59.3 Å². The minimum Gasteiger partial charge on any atom is -0.454 e. The molecule has 0 aliphatic rings. The highest BCUT2D eigenvalue weighted by Gasteiger charge is 2.02. The van der Waals surface area contributed by atoms with Crippen molar-refractivity contribution >= 4 is 32.4 Å². The molecule has 4 nitrogen and oxygen atoms in total. The van der Waals surface area contributed by atoms with E-state index in [2.05, 4.69) is 27.9 Å². The zero-order valence-corrected chi connectivity index (χ0v) is 10.8. The van der Waals surface area contributed by atoms with E-state index in [1.165, 1.54) is 6.26 Å². The molecule has 0 spiro atoms. The third-order valence-electron chi connectivity index (χ3n) is 1.58. The molecular weight excluding hydrogens is 317 g/mol. The molecule has 0 aliphatic carbocycles. The lowest BCUT2D eigenvalue weighted by Crippen LogP contribution is -2.21. The molecule has 0 radical (unpaired) electrons. The maximum atomic E-state index is 10.8. The van der Waals surface area contributed by atoms with Gasteiger partial charge in [0, 0.05) is 12.8 Å². The van der Waals surface area contributed by atoms with Crippen molar-refractivity contribution in [3.05, 3.63) is 21.7 Å². The number of halogens is 1. The molecule has 0 aliphatic heterocycles. The molecule has 0 atom stereocenters. The molecule has 1 aromatic rings. The van der Waals surface area contributed by atoms with E-state index >= 15 is 0 Å². The summed E-state index contributed by atoms with van der Waals surface area (Å²) in [6, 6.07) is 3.74. The van der Waals surface area contributed by atoms with Crippen LogP contribution in [0.25, 0.3) is 0 Å². The lowest BCUT2D eigenvalue weighted by atomic mass is 10.4. The molecule has 6 heteroatoms. The molecule has 1 rings (SSSR count). The fourth-order valence-electron chi connectivity index (χ4n) is 0.916. The summed E-state index contributed by atoms with van der Waals surface area (Å²) in [5.74, 6) is 0.980. The van der Waals surface area contributed by atoms with E-state index in [9.17, 15) is 8.42 Å². The first kappa shape index (κ1) is 12.0. The van der Waals surface area contributed by atoms with Crippen LogP contribution >= 0.6 is 22.6 Å². The van der Waals surface area contributed by atoms with Crippen molar-refractivity contribution in [3.63, 3.8) is 0 Å². The summed E-state index contributed by atoms with van der Waals surface area (Å²) in [6.45, 7) is 1.02. The number of nitrogens with one attached hydrogen (secondary N) is 1. The molecule has 0 saturated heterocycles. The third kappa shape index (κ3) is 4.97. The van der Waals surface area contributed by atoms with E-state index in [1.807, 2.05) is 12.1 Å². The Bertz CT molecular complexity index is 385. The molecule has 1 N–H and O–H groups in total. The molecular formula is C8H12INO3S. The molecule has 80 valence electrons. The molecule has 0 amide bonds. The van der Waals surface area contributed by atoms with E-state index < -0.39 is 9.84 Å². The lowest BCUT2D eigenvalue weighted by Gasteiger charge is -2.00. The number of sulfone groups is 1. The van der Waals surface area contributed by atoms with Crippen LogP contribution in [0, 0.1) is 3.77 Å². The summed E-state index contributed by atoms with van der Waals surface area (Å²) < 4.78 is 27.7. The molecule has 1 heterocycles. The first-order chi connectivity index (χ1) is 6.47. The van der Waals surface area contributed by atoms with Crippen LogP contribution in [0.15, 0.2) is 16.5 Å². The summed E-state index contributed by atoms with van der Waals surface area (Å²) in [7, 11) is -2.87. The second-order valence-electron chi connectivity index (χ2n) is 3.01. The summed E-state index contributed by atoms with van der Waals surface area (Å²) in [6.07, 6.45) is 1.23. The van der Waals surface area contributed by atoms with Gasteiger partial charge in [0.05, 0.1) is 12.3 Å². The molecule has 1 aromatic heterocycles. The molecule has 14 heavy (non-hydrogen) atoms. The predicted octanol–water partition coefficient (Wildman–Crippen LogP) is 1.02. The van der Waals surface area contributed by atoms with Crippen LogP contribution in [0.1, 0.15) is 5.76 Å². The first-order valence-electron chi connectivity index (χ1n) is 4.10. The Morgan fingerprint density at radius 2 is 2.21 bits per heavy atom. The van der Waals surface area contributed by atoms with Gasteiger partial charge in [-0.1, -0.05) is 0 Å². The van der Waals surface area contributed by atoms with Crippen molar-refractivity contribution in [2.24, 2.45) is 0 Å². The van der Waals surface area contributed by atoms with Gasteiger partial charge in [-0.3, -0.25) is 0 Å². The van der Waals surface area contributed by atoms with Crippen molar-refractivity contribution < 1.29 is 12.8 Å². The van der Waals surface area contributed by atoms with Crippen LogP contribution < -0.4 is 5.32 Å². The van der Waals surface area contributed by atoms with Crippen LogP contribution in [0.5, 0.6) is 0 Å². The third-order valence-corrected chi connectivity index (χ3v) is 3.10. The smallest absolute Gasteiger partial charge is 0.164 e. The number of rotatable bonds is 5. The van der Waals surface area contributed by atoms with Crippen molar-refractivity contribution in [2.45, 2.75) is 6.54 Å². The number of hydrogen-bond acceptors (Lipinski definition) is 4. The zero-order chi connectivity index (χ0) is 10.6. The number of furan rings is 1. The fraction of sp³-hybridized carbons (Fsp3) is 0.500. The van der Waals surface area contributed by atoms with E-state index in [4.69, 9.17) is 4.42 Å². The van der Waals surface area contributed by atoms with Crippen molar-refractivity contribution in [2.75, 3.05) is 18.6 Å². The van der Waals surface area contributed by atoms with Crippen molar-refractivity contribution in [1.29, 1.82) is 0 Å². The van der Waals surface area contributed by atoms with Crippen LogP contribution in [0.2, 0.25) is 0 Å². The van der Waals surface area contributed by atoms with E-state index in [0.717, 1.165) is 9.53 Å². The summed E-state index contributed by atoms with van der Waals surface area (Å²) in [5.41, 5.74) is 0. The maximum Gasteiger partial charge on any atom is 0.164 e. The van der Waals surface area contributed by atoms with Gasteiger partial charge in [-0.05, 0) is 34.7 Å². The Morgan fingerprint density at radius 1 is 1.50 bits per heavy atom. The Hall–Kier alpha value is -0.0800. The van der Waals surface area contributed by atoms with Crippen LogP contribution in [-0.2, 0) is 16.4 Å². The highest BCUT2D eigenvalue weighted by atomic mass is 127. The van der Waals surface area contributed by atoms with Gasteiger partial charge in [0.1, 0.15) is 15.6 Å². The minimum absolute atomic E-state index is 0.158. The maximum absolute atomic E-state index is 10.8. The first-order valence-corrected chi connectivity index (χ1v) is 7.24. The highest BCUT2D eigenvalue weighted by molar-refractivity contribution is 14.1. The second kappa shape index (κ2) is 5.13. The Kier molecular flexibility index (Phi) is 4.39. The van der Waals surface area contributed by atoms with Crippen LogP contribution in [0.4, 0.5) is 0 Å². The molecule has 0 saturated carbocycles. The van der Waals surface area contributed by atoms with Crippen molar-refractivity contribution in [3.8, 4) is 0 Å². The lowest BCUT2D eigenvalue weighted by molar-refractivity contribution is 0.466. The van der Waals surface area contributed by atoms with Gasteiger partial charge in [0.25, 0.3) is 0 Å².